The van der Waals surface area contributed by atoms with Crippen LogP contribution in [0.4, 0.5) is 0 Å². The molecule has 0 amide bonds. The minimum atomic E-state index is 1.24. The second kappa shape index (κ2) is 9.91. The maximum atomic E-state index is 2.35. The second-order valence-corrected chi connectivity index (χ2v) is 12.8. The zero-order valence-electron chi connectivity index (χ0n) is 24.3. The van der Waals surface area contributed by atoms with E-state index in [1.807, 2.05) is 11.3 Å². The van der Waals surface area contributed by atoms with E-state index in [2.05, 4.69) is 159 Å². The summed E-state index contributed by atoms with van der Waals surface area (Å²) in [5.74, 6) is 0. The van der Waals surface area contributed by atoms with Crippen LogP contribution in [0.3, 0.4) is 0 Å². The van der Waals surface area contributed by atoms with Crippen molar-refractivity contribution in [1.82, 2.24) is 0 Å². The second-order valence-electron chi connectivity index (χ2n) is 11.8. The van der Waals surface area contributed by atoms with Gasteiger partial charge in [0.2, 0.25) is 0 Å². The monoisotopic (exact) mass is 576 g/mol. The molecule has 9 rings (SSSR count). The number of thiophene rings is 1. The smallest absolute Gasteiger partial charge is 0.0433 e. The zero-order valence-corrected chi connectivity index (χ0v) is 25.2. The van der Waals surface area contributed by atoms with Crippen LogP contribution in [0.25, 0.3) is 85.9 Å². The summed E-state index contributed by atoms with van der Waals surface area (Å²) in [6.45, 7) is 2.19. The molecule has 0 bridgehead atoms. The van der Waals surface area contributed by atoms with Gasteiger partial charge in [0.25, 0.3) is 0 Å². The van der Waals surface area contributed by atoms with Gasteiger partial charge in [0.15, 0.2) is 0 Å². The topological polar surface area (TPSA) is 0 Å². The van der Waals surface area contributed by atoms with Gasteiger partial charge in [-0.3, -0.25) is 0 Å². The first kappa shape index (κ1) is 25.3. The Morgan fingerprint density at radius 2 is 0.977 bits per heavy atom. The SMILES string of the molecule is Cc1ccc2c(-c3ccc(-c4cccc5c4sc4cc6ccccc6cc45)cc3)c3ccccc3c(-c3ccccc3)c2c1. The molecule has 44 heavy (non-hydrogen) atoms. The first-order valence-electron chi connectivity index (χ1n) is 15.2. The maximum Gasteiger partial charge on any atom is 0.0433 e. The summed E-state index contributed by atoms with van der Waals surface area (Å²) in [6.07, 6.45) is 0. The third kappa shape index (κ3) is 3.90. The van der Waals surface area contributed by atoms with E-state index in [0.29, 0.717) is 0 Å². The average Bonchev–Trinajstić information content (AvgIpc) is 3.44. The highest BCUT2D eigenvalue weighted by atomic mass is 32.1. The van der Waals surface area contributed by atoms with Crippen molar-refractivity contribution in [3.05, 3.63) is 157 Å². The highest BCUT2D eigenvalue weighted by molar-refractivity contribution is 7.26. The van der Waals surface area contributed by atoms with Crippen LogP contribution in [0.1, 0.15) is 5.56 Å². The summed E-state index contributed by atoms with van der Waals surface area (Å²) in [6, 6.07) is 56.0. The van der Waals surface area contributed by atoms with Crippen LogP contribution in [-0.4, -0.2) is 0 Å². The lowest BCUT2D eigenvalue weighted by Gasteiger charge is -2.18. The minimum absolute atomic E-state index is 1.24. The highest BCUT2D eigenvalue weighted by Gasteiger charge is 2.17. The van der Waals surface area contributed by atoms with Gasteiger partial charge in [-0.05, 0) is 84.8 Å². The first-order chi connectivity index (χ1) is 21.7. The van der Waals surface area contributed by atoms with Crippen LogP contribution in [-0.2, 0) is 0 Å². The molecule has 0 atom stereocenters. The van der Waals surface area contributed by atoms with Crippen LogP contribution < -0.4 is 0 Å². The van der Waals surface area contributed by atoms with Crippen LogP contribution in [0, 0.1) is 6.92 Å². The molecule has 1 heteroatoms. The van der Waals surface area contributed by atoms with Crippen molar-refractivity contribution < 1.29 is 0 Å². The molecule has 1 aromatic heterocycles. The summed E-state index contributed by atoms with van der Waals surface area (Å²) in [5.41, 5.74) is 8.93. The van der Waals surface area contributed by atoms with Crippen LogP contribution in [0.15, 0.2) is 152 Å². The average molecular weight is 577 g/mol. The van der Waals surface area contributed by atoms with Gasteiger partial charge in [0.1, 0.15) is 0 Å². The summed E-state index contributed by atoms with van der Waals surface area (Å²) in [4.78, 5) is 0. The summed E-state index contributed by atoms with van der Waals surface area (Å²) in [7, 11) is 0. The Bertz CT molecular complexity index is 2530. The van der Waals surface area contributed by atoms with Gasteiger partial charge in [-0.2, -0.15) is 0 Å². The molecule has 9 aromatic rings. The van der Waals surface area contributed by atoms with Gasteiger partial charge < -0.3 is 0 Å². The standard InChI is InChI=1S/C43H28S/c1-27-18-23-36-39(24-27)42(29-10-3-2-4-11-29)35-15-8-7-14-34(35)41(36)30-21-19-28(20-22-30)33-16-9-17-37-38-25-31-12-5-6-13-32(31)26-40(38)44-43(33)37/h2-26H,1H3. The maximum absolute atomic E-state index is 2.35. The van der Waals surface area contributed by atoms with E-state index in [-0.39, 0.29) is 0 Å². The van der Waals surface area contributed by atoms with E-state index in [4.69, 9.17) is 0 Å². The third-order valence-electron chi connectivity index (χ3n) is 9.09. The number of benzene rings is 8. The Labute approximate surface area is 260 Å². The first-order valence-corrected chi connectivity index (χ1v) is 16.0. The zero-order chi connectivity index (χ0) is 29.2. The molecule has 0 fully saturated rings. The van der Waals surface area contributed by atoms with Crippen molar-refractivity contribution >= 4 is 63.8 Å². The number of fused-ring (bicyclic) bond motifs is 6. The van der Waals surface area contributed by atoms with Gasteiger partial charge in [-0.1, -0.05) is 145 Å². The molecule has 0 saturated carbocycles. The summed E-state index contributed by atoms with van der Waals surface area (Å²) < 4.78 is 2.69. The quantitative estimate of drug-likeness (QED) is 0.184. The van der Waals surface area contributed by atoms with E-state index >= 15 is 0 Å². The summed E-state index contributed by atoms with van der Waals surface area (Å²) in [5, 5.41) is 10.4. The van der Waals surface area contributed by atoms with Gasteiger partial charge >= 0.3 is 0 Å². The molecular weight excluding hydrogens is 549 g/mol. The van der Waals surface area contributed by atoms with Crippen molar-refractivity contribution in [2.75, 3.05) is 0 Å². The highest BCUT2D eigenvalue weighted by Crippen LogP contribution is 2.45. The van der Waals surface area contributed by atoms with Gasteiger partial charge in [0.05, 0.1) is 0 Å². The molecule has 0 aliphatic heterocycles. The van der Waals surface area contributed by atoms with Crippen LogP contribution >= 0.6 is 11.3 Å². The Morgan fingerprint density at radius 1 is 0.386 bits per heavy atom. The predicted molar refractivity (Wildman–Crippen MR) is 193 cm³/mol. The number of rotatable bonds is 3. The Balaban J connectivity index is 1.24. The molecule has 0 nitrogen and oxygen atoms in total. The van der Waals surface area contributed by atoms with Crippen molar-refractivity contribution in [3.8, 4) is 33.4 Å². The van der Waals surface area contributed by atoms with E-state index in [1.165, 1.54) is 91.4 Å². The van der Waals surface area contributed by atoms with Crippen LogP contribution in [0.5, 0.6) is 0 Å². The Hall–Kier alpha value is -5.24. The Morgan fingerprint density at radius 3 is 1.75 bits per heavy atom. The molecule has 0 radical (unpaired) electrons. The van der Waals surface area contributed by atoms with Gasteiger partial charge in [-0.15, -0.1) is 11.3 Å². The van der Waals surface area contributed by atoms with Crippen LogP contribution in [0.2, 0.25) is 0 Å². The minimum Gasteiger partial charge on any atom is -0.135 e. The van der Waals surface area contributed by atoms with E-state index in [0.717, 1.165) is 0 Å². The lowest BCUT2D eigenvalue weighted by atomic mass is 9.85. The fourth-order valence-corrected chi connectivity index (χ4v) is 8.31. The number of hydrogen-bond donors (Lipinski definition) is 0. The van der Waals surface area contributed by atoms with Crippen molar-refractivity contribution in [2.24, 2.45) is 0 Å². The Kier molecular flexibility index (Phi) is 5.69. The third-order valence-corrected chi connectivity index (χ3v) is 10.3. The summed E-state index contributed by atoms with van der Waals surface area (Å²) >= 11 is 1.90. The fraction of sp³-hybridized carbons (Fsp3) is 0.0233. The van der Waals surface area contributed by atoms with Crippen molar-refractivity contribution in [1.29, 1.82) is 0 Å². The number of aryl methyl sites for hydroxylation is 1. The molecule has 0 N–H and O–H groups in total. The van der Waals surface area contributed by atoms with Crippen molar-refractivity contribution in [2.45, 2.75) is 6.92 Å². The van der Waals surface area contributed by atoms with Gasteiger partial charge in [0, 0.05) is 20.2 Å². The molecule has 0 unspecified atom stereocenters. The van der Waals surface area contributed by atoms with E-state index < -0.39 is 0 Å². The molecule has 1 heterocycles. The molecular formula is C43H28S. The predicted octanol–water partition coefficient (Wildman–Crippen LogP) is 12.8. The normalized spacial score (nSPS) is 11.8. The molecule has 0 saturated heterocycles. The van der Waals surface area contributed by atoms with Crippen molar-refractivity contribution in [3.63, 3.8) is 0 Å². The molecule has 206 valence electrons. The van der Waals surface area contributed by atoms with E-state index in [9.17, 15) is 0 Å². The van der Waals surface area contributed by atoms with Gasteiger partial charge in [-0.25, -0.2) is 0 Å². The lowest BCUT2D eigenvalue weighted by Crippen LogP contribution is -1.91. The molecule has 0 aliphatic rings. The van der Waals surface area contributed by atoms with E-state index in [1.54, 1.807) is 0 Å². The number of hydrogen-bond acceptors (Lipinski definition) is 1. The molecule has 8 aromatic carbocycles. The largest absolute Gasteiger partial charge is 0.135 e. The molecule has 0 spiro atoms. The molecule has 0 aliphatic carbocycles. The lowest BCUT2D eigenvalue weighted by molar-refractivity contribution is 1.51. The fourth-order valence-electron chi connectivity index (χ4n) is 7.05.